The van der Waals surface area contributed by atoms with E-state index >= 15 is 0 Å². The minimum absolute atomic E-state index is 0.0669. The molecule has 0 saturated carbocycles. The maximum absolute atomic E-state index is 12.2. The summed E-state index contributed by atoms with van der Waals surface area (Å²) in [6, 6.07) is 15.2. The molecule has 1 amide bonds. The lowest BCUT2D eigenvalue weighted by Gasteiger charge is -2.07. The quantitative estimate of drug-likeness (QED) is 0.646. The zero-order valence-electron chi connectivity index (χ0n) is 12.4. The normalized spacial score (nSPS) is 10.9. The molecular formula is C18H15BrN2O. The van der Waals surface area contributed by atoms with Crippen LogP contribution in [0.2, 0.25) is 0 Å². The predicted octanol–water partition coefficient (Wildman–Crippen LogP) is 4.61. The Hall–Kier alpha value is -2.38. The average Bonchev–Trinajstić information content (AvgIpc) is 2.43. The van der Waals surface area contributed by atoms with Crippen molar-refractivity contribution in [1.82, 2.24) is 0 Å². The van der Waals surface area contributed by atoms with E-state index in [4.69, 9.17) is 0 Å². The van der Waals surface area contributed by atoms with Crippen molar-refractivity contribution in [3.05, 3.63) is 69.2 Å². The Bertz CT molecular complexity index is 768. The lowest BCUT2D eigenvalue weighted by molar-refractivity contribution is -0.112. The highest BCUT2D eigenvalue weighted by molar-refractivity contribution is 9.10. The molecule has 0 bridgehead atoms. The van der Waals surface area contributed by atoms with Gasteiger partial charge >= 0.3 is 0 Å². The van der Waals surface area contributed by atoms with Crippen LogP contribution in [0.25, 0.3) is 6.08 Å². The second-order valence-electron chi connectivity index (χ2n) is 5.06. The highest BCUT2D eigenvalue weighted by atomic mass is 79.9. The molecule has 4 heteroatoms. The number of rotatable bonds is 3. The van der Waals surface area contributed by atoms with Gasteiger partial charge in [-0.3, -0.25) is 4.79 Å². The van der Waals surface area contributed by atoms with Gasteiger partial charge in [-0.2, -0.15) is 5.26 Å². The van der Waals surface area contributed by atoms with E-state index in [0.717, 1.165) is 21.2 Å². The first kappa shape index (κ1) is 16.0. The molecule has 2 aromatic rings. The number of hydrogen-bond donors (Lipinski definition) is 1. The van der Waals surface area contributed by atoms with E-state index in [1.807, 2.05) is 62.4 Å². The fourth-order valence-corrected chi connectivity index (χ4v) is 2.57. The summed E-state index contributed by atoms with van der Waals surface area (Å²) in [7, 11) is 0. The van der Waals surface area contributed by atoms with Gasteiger partial charge in [0, 0.05) is 10.2 Å². The highest BCUT2D eigenvalue weighted by Gasteiger charge is 2.10. The first-order chi connectivity index (χ1) is 10.5. The van der Waals surface area contributed by atoms with Crippen molar-refractivity contribution in [3.63, 3.8) is 0 Å². The van der Waals surface area contributed by atoms with Gasteiger partial charge in [0.1, 0.15) is 11.6 Å². The number of halogens is 1. The third-order valence-electron chi connectivity index (χ3n) is 3.00. The van der Waals surface area contributed by atoms with Crippen LogP contribution in [0.4, 0.5) is 5.69 Å². The Morgan fingerprint density at radius 1 is 1.18 bits per heavy atom. The molecule has 0 aromatic heterocycles. The summed E-state index contributed by atoms with van der Waals surface area (Å²) in [6.07, 6.45) is 1.57. The minimum atomic E-state index is -0.410. The number of anilines is 1. The Morgan fingerprint density at radius 2 is 1.86 bits per heavy atom. The van der Waals surface area contributed by atoms with Crippen LogP contribution in [-0.2, 0) is 4.79 Å². The smallest absolute Gasteiger partial charge is 0.266 e. The number of carbonyl (C=O) groups excluding carboxylic acids is 1. The van der Waals surface area contributed by atoms with Crippen LogP contribution in [0, 0.1) is 25.2 Å². The van der Waals surface area contributed by atoms with Gasteiger partial charge in [0.25, 0.3) is 5.91 Å². The molecule has 0 atom stereocenters. The van der Waals surface area contributed by atoms with Gasteiger partial charge in [-0.05, 0) is 60.9 Å². The predicted molar refractivity (Wildman–Crippen MR) is 92.3 cm³/mol. The van der Waals surface area contributed by atoms with Crippen LogP contribution in [0.5, 0.6) is 0 Å². The topological polar surface area (TPSA) is 52.9 Å². The van der Waals surface area contributed by atoms with Crippen LogP contribution < -0.4 is 5.32 Å². The number of benzene rings is 2. The van der Waals surface area contributed by atoms with Crippen molar-refractivity contribution < 1.29 is 4.79 Å². The summed E-state index contributed by atoms with van der Waals surface area (Å²) in [5.74, 6) is -0.410. The van der Waals surface area contributed by atoms with E-state index in [2.05, 4.69) is 21.2 Å². The Morgan fingerprint density at radius 3 is 2.45 bits per heavy atom. The third-order valence-corrected chi connectivity index (χ3v) is 3.50. The number of aryl methyl sites for hydroxylation is 2. The molecule has 0 heterocycles. The van der Waals surface area contributed by atoms with Gasteiger partial charge in [0.2, 0.25) is 0 Å². The van der Waals surface area contributed by atoms with E-state index in [0.29, 0.717) is 5.69 Å². The zero-order chi connectivity index (χ0) is 16.1. The van der Waals surface area contributed by atoms with Crippen LogP contribution in [-0.4, -0.2) is 5.91 Å². The maximum Gasteiger partial charge on any atom is 0.266 e. The van der Waals surface area contributed by atoms with Crippen LogP contribution in [0.15, 0.2) is 52.5 Å². The van der Waals surface area contributed by atoms with Gasteiger partial charge in [-0.25, -0.2) is 0 Å². The summed E-state index contributed by atoms with van der Waals surface area (Å²) in [6.45, 7) is 3.93. The van der Waals surface area contributed by atoms with E-state index < -0.39 is 5.91 Å². The molecule has 0 aliphatic heterocycles. The third kappa shape index (κ3) is 4.31. The summed E-state index contributed by atoms with van der Waals surface area (Å²) < 4.78 is 0.897. The van der Waals surface area contributed by atoms with Crippen molar-refractivity contribution in [1.29, 1.82) is 5.26 Å². The van der Waals surface area contributed by atoms with Crippen LogP contribution in [0.3, 0.4) is 0 Å². The molecule has 2 rings (SSSR count). The number of amides is 1. The van der Waals surface area contributed by atoms with Crippen molar-refractivity contribution in [2.75, 3.05) is 5.32 Å². The number of nitrogens with zero attached hydrogens (tertiary/aromatic N) is 1. The maximum atomic E-state index is 12.2. The molecular weight excluding hydrogens is 340 g/mol. The van der Waals surface area contributed by atoms with E-state index in [1.54, 1.807) is 6.08 Å². The second kappa shape index (κ2) is 7.06. The van der Waals surface area contributed by atoms with Crippen molar-refractivity contribution in [2.24, 2.45) is 0 Å². The van der Waals surface area contributed by atoms with E-state index in [1.165, 1.54) is 0 Å². The summed E-state index contributed by atoms with van der Waals surface area (Å²) in [5, 5.41) is 12.0. The molecule has 1 N–H and O–H groups in total. The van der Waals surface area contributed by atoms with Crippen molar-refractivity contribution >= 4 is 33.6 Å². The highest BCUT2D eigenvalue weighted by Crippen LogP contribution is 2.17. The molecule has 110 valence electrons. The number of hydrogen-bond acceptors (Lipinski definition) is 2. The molecule has 0 radical (unpaired) electrons. The Balaban J connectivity index is 2.24. The van der Waals surface area contributed by atoms with Crippen LogP contribution >= 0.6 is 15.9 Å². The molecule has 3 nitrogen and oxygen atoms in total. The van der Waals surface area contributed by atoms with Crippen LogP contribution in [0.1, 0.15) is 16.7 Å². The van der Waals surface area contributed by atoms with Gasteiger partial charge in [-0.1, -0.05) is 34.1 Å². The zero-order valence-corrected chi connectivity index (χ0v) is 13.9. The summed E-state index contributed by atoms with van der Waals surface area (Å²) in [4.78, 5) is 12.2. The SMILES string of the molecule is Cc1cc(C)cc(NC(=O)/C(C#N)=C/c2cccc(Br)c2)c1. The van der Waals surface area contributed by atoms with E-state index in [9.17, 15) is 10.1 Å². The number of nitriles is 1. The van der Waals surface area contributed by atoms with Crippen molar-refractivity contribution in [2.45, 2.75) is 13.8 Å². The van der Waals surface area contributed by atoms with Gasteiger partial charge in [-0.15, -0.1) is 0 Å². The average molecular weight is 355 g/mol. The molecule has 2 aromatic carbocycles. The lowest BCUT2D eigenvalue weighted by atomic mass is 10.1. The molecule has 0 unspecified atom stereocenters. The van der Waals surface area contributed by atoms with Gasteiger partial charge < -0.3 is 5.32 Å². The molecule has 0 aliphatic rings. The monoisotopic (exact) mass is 354 g/mol. The van der Waals surface area contributed by atoms with Gasteiger partial charge in [0.15, 0.2) is 0 Å². The minimum Gasteiger partial charge on any atom is -0.321 e. The first-order valence-electron chi connectivity index (χ1n) is 6.75. The summed E-state index contributed by atoms with van der Waals surface area (Å²) >= 11 is 3.37. The summed E-state index contributed by atoms with van der Waals surface area (Å²) in [5.41, 5.74) is 3.67. The van der Waals surface area contributed by atoms with Crippen molar-refractivity contribution in [3.8, 4) is 6.07 Å². The number of nitrogens with one attached hydrogen (secondary N) is 1. The van der Waals surface area contributed by atoms with E-state index in [-0.39, 0.29) is 5.57 Å². The first-order valence-corrected chi connectivity index (χ1v) is 7.54. The standard InChI is InChI=1S/C18H15BrN2O/c1-12-6-13(2)8-17(7-12)21-18(22)15(11-20)9-14-4-3-5-16(19)10-14/h3-10H,1-2H3,(H,21,22)/b15-9+. The molecule has 0 aliphatic carbocycles. The lowest BCUT2D eigenvalue weighted by Crippen LogP contribution is -2.13. The fraction of sp³-hybridized carbons (Fsp3) is 0.111. The molecule has 0 fully saturated rings. The Kier molecular flexibility index (Phi) is 5.13. The number of carbonyl (C=O) groups is 1. The molecule has 0 saturated heterocycles. The second-order valence-corrected chi connectivity index (χ2v) is 5.97. The van der Waals surface area contributed by atoms with Gasteiger partial charge in [0.05, 0.1) is 0 Å². The Labute approximate surface area is 138 Å². The molecule has 22 heavy (non-hydrogen) atoms. The molecule has 0 spiro atoms. The fourth-order valence-electron chi connectivity index (χ4n) is 2.16. The largest absolute Gasteiger partial charge is 0.321 e.